The van der Waals surface area contributed by atoms with Crippen LogP contribution in [0.2, 0.25) is 0 Å². The van der Waals surface area contributed by atoms with Crippen molar-refractivity contribution in [2.75, 3.05) is 0 Å². The summed E-state index contributed by atoms with van der Waals surface area (Å²) in [6, 6.07) is 15.7. The van der Waals surface area contributed by atoms with Crippen molar-refractivity contribution in [3.8, 4) is 11.5 Å². The van der Waals surface area contributed by atoms with E-state index >= 15 is 0 Å². The molecule has 2 aliphatic rings. The smallest absolute Gasteiger partial charge is 0.162 e. The van der Waals surface area contributed by atoms with Gasteiger partial charge in [-0.3, -0.25) is 0 Å². The monoisotopic (exact) mass is 302 g/mol. The maximum atomic E-state index is 5.09. The number of benzene rings is 2. The fourth-order valence-corrected chi connectivity index (χ4v) is 1.86. The van der Waals surface area contributed by atoms with Gasteiger partial charge in [0.15, 0.2) is 11.5 Å². The molecule has 0 fully saturated rings. The minimum absolute atomic E-state index is 0. The Labute approximate surface area is 129 Å². The average molecular weight is 303 g/mol. The van der Waals surface area contributed by atoms with Crippen LogP contribution in [0.25, 0.3) is 12.2 Å². The van der Waals surface area contributed by atoms with Gasteiger partial charge in [-0.15, -0.1) is 12.4 Å². The molecule has 4 rings (SSSR count). The van der Waals surface area contributed by atoms with Crippen molar-refractivity contribution in [3.05, 3.63) is 72.1 Å². The molecule has 21 heavy (non-hydrogen) atoms. The van der Waals surface area contributed by atoms with E-state index in [4.69, 9.17) is 9.68 Å². The van der Waals surface area contributed by atoms with Gasteiger partial charge in [-0.2, -0.15) is 0 Å². The van der Waals surface area contributed by atoms with Crippen molar-refractivity contribution in [2.24, 2.45) is 0 Å². The largest absolute Gasteiger partial charge is 0.382 e. The Bertz CT molecular complexity index is 599. The lowest BCUT2D eigenvalue weighted by Crippen LogP contribution is -2.13. The van der Waals surface area contributed by atoms with Crippen molar-refractivity contribution >= 4 is 24.6 Å². The first-order valence-electron chi connectivity index (χ1n) is 6.29. The first-order chi connectivity index (χ1) is 9.93. The zero-order valence-corrected chi connectivity index (χ0v) is 12.0. The Kier molecular flexibility index (Phi) is 5.12. The van der Waals surface area contributed by atoms with E-state index in [1.807, 2.05) is 60.7 Å². The zero-order chi connectivity index (χ0) is 13.6. The predicted octanol–water partition coefficient (Wildman–Crippen LogP) is 3.53. The Morgan fingerprint density at radius 1 is 0.619 bits per heavy atom. The highest BCUT2D eigenvalue weighted by Gasteiger charge is 2.02. The van der Waals surface area contributed by atoms with Crippen molar-refractivity contribution in [3.63, 3.8) is 0 Å². The lowest BCUT2D eigenvalue weighted by molar-refractivity contribution is 0.239. The lowest BCUT2D eigenvalue weighted by Gasteiger charge is -2.11. The zero-order valence-electron chi connectivity index (χ0n) is 11.2. The van der Waals surface area contributed by atoms with Gasteiger partial charge in [0, 0.05) is 23.5 Å². The summed E-state index contributed by atoms with van der Waals surface area (Å²) in [4.78, 5) is 10.2. The van der Waals surface area contributed by atoms with E-state index in [2.05, 4.69) is 11.0 Å². The summed E-state index contributed by atoms with van der Waals surface area (Å²) in [5.74, 6) is 1.76. The van der Waals surface area contributed by atoms with Gasteiger partial charge in [-0.1, -0.05) is 36.4 Å². The molecule has 2 N–H and O–H groups in total. The highest BCUT2D eigenvalue weighted by Crippen LogP contribution is 2.21. The summed E-state index contributed by atoms with van der Waals surface area (Å²) in [5, 5.41) is 0. The number of hydrogen-bond donors (Lipinski definition) is 2. The van der Waals surface area contributed by atoms with E-state index in [1.165, 1.54) is 0 Å². The van der Waals surface area contributed by atoms with Gasteiger partial charge in [-0.05, 0) is 24.3 Å². The van der Waals surface area contributed by atoms with Gasteiger partial charge >= 0.3 is 0 Å². The molecule has 0 aromatic heterocycles. The van der Waals surface area contributed by atoms with E-state index in [0.29, 0.717) is 0 Å². The molecule has 4 nitrogen and oxygen atoms in total. The number of fused-ring (bicyclic) bond motifs is 2. The fraction of sp³-hybridized carbons (Fsp3) is 0. The fourth-order valence-electron chi connectivity index (χ4n) is 1.86. The highest BCUT2D eigenvalue weighted by atomic mass is 35.5. The van der Waals surface area contributed by atoms with Crippen molar-refractivity contribution in [1.82, 2.24) is 11.0 Å². The summed E-state index contributed by atoms with van der Waals surface area (Å²) in [7, 11) is 0. The Balaban J connectivity index is 0.000000147. The van der Waals surface area contributed by atoms with Crippen molar-refractivity contribution in [2.45, 2.75) is 0 Å². The first-order valence-corrected chi connectivity index (χ1v) is 6.29. The molecule has 0 saturated carbocycles. The second-order valence-electron chi connectivity index (χ2n) is 4.18. The minimum atomic E-state index is 0. The Morgan fingerprint density at radius 3 is 1.48 bits per heavy atom. The molecule has 2 heterocycles. The van der Waals surface area contributed by atoms with Crippen LogP contribution in [-0.2, 0) is 0 Å². The summed E-state index contributed by atoms with van der Waals surface area (Å²) in [6.07, 6.45) is 7.47. The second kappa shape index (κ2) is 7.26. The molecule has 0 aliphatic carbocycles. The molecule has 5 heteroatoms. The third kappa shape index (κ3) is 3.70. The van der Waals surface area contributed by atoms with Crippen LogP contribution in [0.4, 0.5) is 0 Å². The summed E-state index contributed by atoms with van der Waals surface area (Å²) in [5.41, 5.74) is 7.55. The van der Waals surface area contributed by atoms with Crippen molar-refractivity contribution < 1.29 is 9.68 Å². The lowest BCUT2D eigenvalue weighted by atomic mass is 10.2. The molecule has 0 saturated heterocycles. The second-order valence-corrected chi connectivity index (χ2v) is 4.18. The van der Waals surface area contributed by atoms with E-state index in [-0.39, 0.29) is 12.4 Å². The van der Waals surface area contributed by atoms with Crippen LogP contribution in [-0.4, -0.2) is 0 Å². The summed E-state index contributed by atoms with van der Waals surface area (Å²) >= 11 is 0. The van der Waals surface area contributed by atoms with Crippen LogP contribution in [0, 0.1) is 0 Å². The van der Waals surface area contributed by atoms with Gasteiger partial charge in [-0.25, -0.2) is 11.0 Å². The number of para-hydroxylation sites is 2. The van der Waals surface area contributed by atoms with Gasteiger partial charge in [0.25, 0.3) is 0 Å². The molecule has 0 unspecified atom stereocenters. The first kappa shape index (κ1) is 14.8. The van der Waals surface area contributed by atoms with E-state index in [0.717, 1.165) is 22.6 Å². The standard InChI is InChI=1S/2C8H7NO.ClH/c2*1-2-4-8-7(3-1)5-6-9-10-8;/h2*1-6,9H;1H. The SMILES string of the molecule is C1=Cc2ccccc2ON1.C1=Cc2ccccc2ON1.Cl. The molecule has 2 aliphatic heterocycles. The van der Waals surface area contributed by atoms with Gasteiger partial charge in [0.2, 0.25) is 0 Å². The number of halogens is 1. The predicted molar refractivity (Wildman–Crippen MR) is 85.7 cm³/mol. The number of nitrogens with one attached hydrogen (secondary N) is 2. The number of rotatable bonds is 0. The van der Waals surface area contributed by atoms with Crippen molar-refractivity contribution in [1.29, 1.82) is 0 Å². The third-order valence-electron chi connectivity index (χ3n) is 2.84. The maximum absolute atomic E-state index is 5.09. The van der Waals surface area contributed by atoms with Gasteiger partial charge < -0.3 is 9.68 Å². The number of hydrogen-bond acceptors (Lipinski definition) is 4. The topological polar surface area (TPSA) is 42.5 Å². The van der Waals surface area contributed by atoms with Crippen LogP contribution in [0.1, 0.15) is 11.1 Å². The molecule has 0 atom stereocenters. The molecular weight excluding hydrogens is 288 g/mol. The molecule has 0 radical (unpaired) electrons. The molecule has 2 aromatic rings. The van der Waals surface area contributed by atoms with Gasteiger partial charge in [0.1, 0.15) is 0 Å². The minimum Gasteiger partial charge on any atom is -0.382 e. The Hall–Kier alpha value is -2.59. The molecule has 108 valence electrons. The molecule has 2 aromatic carbocycles. The van der Waals surface area contributed by atoms with E-state index in [1.54, 1.807) is 12.4 Å². The summed E-state index contributed by atoms with van der Waals surface area (Å²) in [6.45, 7) is 0. The molecule has 0 amide bonds. The quantitative estimate of drug-likeness (QED) is 0.781. The normalized spacial score (nSPS) is 12.6. The molecular formula is C16H15ClN2O2. The van der Waals surface area contributed by atoms with E-state index in [9.17, 15) is 0 Å². The highest BCUT2D eigenvalue weighted by molar-refractivity contribution is 5.85. The van der Waals surface area contributed by atoms with Gasteiger partial charge in [0.05, 0.1) is 0 Å². The van der Waals surface area contributed by atoms with E-state index < -0.39 is 0 Å². The van der Waals surface area contributed by atoms with Crippen LogP contribution in [0.5, 0.6) is 11.5 Å². The molecule has 0 spiro atoms. The van der Waals surface area contributed by atoms with Crippen LogP contribution in [0.3, 0.4) is 0 Å². The number of hydroxylamine groups is 2. The Morgan fingerprint density at radius 2 is 1.05 bits per heavy atom. The average Bonchev–Trinajstić information content (AvgIpc) is 2.56. The summed E-state index contributed by atoms with van der Waals surface area (Å²) < 4.78 is 0. The maximum Gasteiger partial charge on any atom is 0.162 e. The van der Waals surface area contributed by atoms with Crippen LogP contribution < -0.4 is 20.6 Å². The third-order valence-corrected chi connectivity index (χ3v) is 2.84. The van der Waals surface area contributed by atoms with Crippen LogP contribution in [0.15, 0.2) is 60.9 Å². The van der Waals surface area contributed by atoms with Crippen LogP contribution >= 0.6 is 12.4 Å². The molecule has 0 bridgehead atoms.